The third-order valence-corrected chi connectivity index (χ3v) is 2.27. The second kappa shape index (κ2) is 3.92. The van der Waals surface area contributed by atoms with Crippen LogP contribution in [0.15, 0.2) is 18.3 Å². The van der Waals surface area contributed by atoms with E-state index in [4.69, 9.17) is 9.47 Å². The Labute approximate surface area is 90.6 Å². The van der Waals surface area contributed by atoms with Gasteiger partial charge in [0.15, 0.2) is 11.6 Å². The van der Waals surface area contributed by atoms with Crippen molar-refractivity contribution in [3.63, 3.8) is 0 Å². The molecular weight excluding hydrogens is 216 g/mol. The minimum atomic E-state index is -0.726. The molecule has 2 aromatic rings. The van der Waals surface area contributed by atoms with Gasteiger partial charge in [0.05, 0.1) is 14.2 Å². The van der Waals surface area contributed by atoms with Gasteiger partial charge in [-0.1, -0.05) is 0 Å². The Morgan fingerprint density at radius 1 is 1.06 bits per heavy atom. The van der Waals surface area contributed by atoms with Crippen LogP contribution in [0.5, 0.6) is 11.5 Å². The van der Waals surface area contributed by atoms with E-state index >= 15 is 0 Å². The van der Waals surface area contributed by atoms with E-state index in [1.807, 2.05) is 0 Å². The summed E-state index contributed by atoms with van der Waals surface area (Å²) in [5, 5.41) is 0.0673. The third kappa shape index (κ3) is 1.36. The quantitative estimate of drug-likeness (QED) is 0.787. The van der Waals surface area contributed by atoms with Crippen LogP contribution >= 0.6 is 0 Å². The number of benzene rings is 1. The Balaban J connectivity index is 2.93. The lowest BCUT2D eigenvalue weighted by Gasteiger charge is -2.11. The summed E-state index contributed by atoms with van der Waals surface area (Å²) in [5.41, 5.74) is -0.0716. The summed E-state index contributed by atoms with van der Waals surface area (Å²) in [6.45, 7) is 0. The number of fused-ring (bicyclic) bond motifs is 1. The summed E-state index contributed by atoms with van der Waals surface area (Å²) in [4.78, 5) is 3.78. The monoisotopic (exact) mass is 225 g/mol. The maximum absolute atomic E-state index is 13.9. The molecule has 0 atom stereocenters. The third-order valence-electron chi connectivity index (χ3n) is 2.27. The molecule has 0 N–H and O–H groups in total. The smallest absolute Gasteiger partial charge is 0.202 e. The van der Waals surface area contributed by atoms with Gasteiger partial charge in [-0.25, -0.2) is 8.78 Å². The predicted octanol–water partition coefficient (Wildman–Crippen LogP) is 2.53. The van der Waals surface area contributed by atoms with Crippen LogP contribution in [0.2, 0.25) is 0 Å². The Kier molecular flexibility index (Phi) is 2.60. The van der Waals surface area contributed by atoms with E-state index < -0.39 is 11.6 Å². The average molecular weight is 225 g/mol. The van der Waals surface area contributed by atoms with Crippen molar-refractivity contribution in [2.45, 2.75) is 0 Å². The molecular formula is C11H9F2NO2. The zero-order valence-electron chi connectivity index (χ0n) is 8.75. The predicted molar refractivity (Wildman–Crippen MR) is 54.8 cm³/mol. The largest absolute Gasteiger partial charge is 0.490 e. The molecule has 1 aromatic heterocycles. The molecule has 0 aliphatic carbocycles. The molecule has 2 rings (SSSR count). The van der Waals surface area contributed by atoms with Gasteiger partial charge in [-0.3, -0.25) is 4.98 Å². The molecule has 0 radical (unpaired) electrons. The number of ether oxygens (including phenoxy) is 2. The van der Waals surface area contributed by atoms with Crippen LogP contribution in [-0.4, -0.2) is 19.2 Å². The van der Waals surface area contributed by atoms with E-state index in [1.165, 1.54) is 32.5 Å². The number of hydrogen-bond donors (Lipinski definition) is 0. The van der Waals surface area contributed by atoms with Gasteiger partial charge in [-0.15, -0.1) is 0 Å². The fourth-order valence-corrected chi connectivity index (χ4v) is 1.55. The molecule has 0 fully saturated rings. The minimum absolute atomic E-state index is 0.0673. The lowest BCUT2D eigenvalue weighted by Crippen LogP contribution is -1.99. The lowest BCUT2D eigenvalue weighted by atomic mass is 10.1. The first kappa shape index (κ1) is 10.6. The van der Waals surface area contributed by atoms with Gasteiger partial charge in [0.1, 0.15) is 5.52 Å². The van der Waals surface area contributed by atoms with E-state index in [9.17, 15) is 8.78 Å². The topological polar surface area (TPSA) is 31.4 Å². The van der Waals surface area contributed by atoms with Crippen molar-refractivity contribution in [2.75, 3.05) is 14.2 Å². The molecule has 16 heavy (non-hydrogen) atoms. The number of halogens is 2. The van der Waals surface area contributed by atoms with E-state index in [2.05, 4.69) is 4.98 Å². The fourth-order valence-electron chi connectivity index (χ4n) is 1.55. The number of aromatic nitrogens is 1. The van der Waals surface area contributed by atoms with Crippen LogP contribution in [0.25, 0.3) is 10.9 Å². The van der Waals surface area contributed by atoms with Gasteiger partial charge in [0.2, 0.25) is 11.5 Å². The Morgan fingerprint density at radius 3 is 2.31 bits per heavy atom. The van der Waals surface area contributed by atoms with E-state index in [0.29, 0.717) is 0 Å². The number of rotatable bonds is 2. The zero-order valence-corrected chi connectivity index (χ0v) is 8.75. The highest BCUT2D eigenvalue weighted by molar-refractivity contribution is 5.84. The summed E-state index contributed by atoms with van der Waals surface area (Å²) < 4.78 is 37.3. The lowest BCUT2D eigenvalue weighted by molar-refractivity contribution is 0.325. The van der Waals surface area contributed by atoms with Crippen LogP contribution < -0.4 is 9.47 Å². The first-order chi connectivity index (χ1) is 7.70. The van der Waals surface area contributed by atoms with Gasteiger partial charge < -0.3 is 9.47 Å². The summed E-state index contributed by atoms with van der Waals surface area (Å²) in [6.07, 6.45) is 1.39. The number of nitrogens with zero attached hydrogens (tertiary/aromatic N) is 1. The van der Waals surface area contributed by atoms with Gasteiger partial charge in [0, 0.05) is 11.6 Å². The molecule has 3 nitrogen and oxygen atoms in total. The maximum Gasteiger partial charge on any atom is 0.202 e. The van der Waals surface area contributed by atoms with Crippen molar-refractivity contribution in [3.8, 4) is 11.5 Å². The SMILES string of the molecule is COc1c(OC)c(F)c2ncccc2c1F. The van der Waals surface area contributed by atoms with Crippen molar-refractivity contribution in [2.24, 2.45) is 0 Å². The second-order valence-corrected chi connectivity index (χ2v) is 3.09. The van der Waals surface area contributed by atoms with E-state index in [1.54, 1.807) is 0 Å². The van der Waals surface area contributed by atoms with Crippen LogP contribution in [0.3, 0.4) is 0 Å². The van der Waals surface area contributed by atoms with Crippen LogP contribution in [0.4, 0.5) is 8.78 Å². The molecule has 1 heterocycles. The number of pyridine rings is 1. The summed E-state index contributed by atoms with van der Waals surface area (Å²) >= 11 is 0. The highest BCUT2D eigenvalue weighted by Gasteiger charge is 2.21. The van der Waals surface area contributed by atoms with Crippen molar-refractivity contribution in [1.82, 2.24) is 4.98 Å². The summed E-state index contributed by atoms with van der Waals surface area (Å²) in [5.74, 6) is -1.92. The molecule has 0 amide bonds. The van der Waals surface area contributed by atoms with E-state index in [-0.39, 0.29) is 22.4 Å². The number of methoxy groups -OCH3 is 2. The zero-order chi connectivity index (χ0) is 11.7. The molecule has 0 aliphatic rings. The molecule has 0 saturated heterocycles. The van der Waals surface area contributed by atoms with Crippen LogP contribution in [-0.2, 0) is 0 Å². The van der Waals surface area contributed by atoms with Gasteiger partial charge in [0.25, 0.3) is 0 Å². The summed E-state index contributed by atoms with van der Waals surface area (Å²) in [6, 6.07) is 2.96. The van der Waals surface area contributed by atoms with Gasteiger partial charge in [-0.05, 0) is 12.1 Å². The van der Waals surface area contributed by atoms with Gasteiger partial charge >= 0.3 is 0 Å². The average Bonchev–Trinajstić information content (AvgIpc) is 2.33. The van der Waals surface area contributed by atoms with Crippen molar-refractivity contribution in [3.05, 3.63) is 30.0 Å². The molecule has 5 heteroatoms. The molecule has 1 aromatic carbocycles. The standard InChI is InChI=1S/C11H9F2NO2/c1-15-10-7(12)6-4-3-5-14-9(6)8(13)11(10)16-2/h3-5H,1-2H3. The molecule has 84 valence electrons. The molecule has 0 unspecified atom stereocenters. The number of hydrogen-bond acceptors (Lipinski definition) is 3. The Bertz CT molecular complexity index is 494. The Morgan fingerprint density at radius 2 is 1.69 bits per heavy atom. The fraction of sp³-hybridized carbons (Fsp3) is 0.182. The highest BCUT2D eigenvalue weighted by Crippen LogP contribution is 2.38. The minimum Gasteiger partial charge on any atom is -0.490 e. The second-order valence-electron chi connectivity index (χ2n) is 3.09. The van der Waals surface area contributed by atoms with Gasteiger partial charge in [-0.2, -0.15) is 0 Å². The molecule has 0 spiro atoms. The van der Waals surface area contributed by atoms with Crippen LogP contribution in [0, 0.1) is 11.6 Å². The highest BCUT2D eigenvalue weighted by atomic mass is 19.1. The normalized spacial score (nSPS) is 10.5. The molecule has 0 saturated carbocycles. The molecule has 0 aliphatic heterocycles. The van der Waals surface area contributed by atoms with Crippen molar-refractivity contribution >= 4 is 10.9 Å². The maximum atomic E-state index is 13.9. The van der Waals surface area contributed by atoms with Crippen molar-refractivity contribution < 1.29 is 18.3 Å². The first-order valence-electron chi connectivity index (χ1n) is 4.54. The van der Waals surface area contributed by atoms with E-state index in [0.717, 1.165) is 0 Å². The van der Waals surface area contributed by atoms with Crippen molar-refractivity contribution in [1.29, 1.82) is 0 Å². The first-order valence-corrected chi connectivity index (χ1v) is 4.54. The molecule has 0 bridgehead atoms. The van der Waals surface area contributed by atoms with Crippen LogP contribution in [0.1, 0.15) is 0 Å². The Hall–Kier alpha value is -1.91. The summed E-state index contributed by atoms with van der Waals surface area (Å²) in [7, 11) is 2.50.